The van der Waals surface area contributed by atoms with Crippen LogP contribution in [-0.2, 0) is 22.2 Å². The van der Waals surface area contributed by atoms with Crippen molar-refractivity contribution in [2.45, 2.75) is 24.0 Å². The quantitative estimate of drug-likeness (QED) is 0.740. The molecule has 1 aliphatic rings. The normalized spacial score (nSPS) is 17.5. The van der Waals surface area contributed by atoms with Gasteiger partial charge >= 0.3 is 6.18 Å². The summed E-state index contributed by atoms with van der Waals surface area (Å²) >= 11 is 1.14. The van der Waals surface area contributed by atoms with Gasteiger partial charge in [-0.3, -0.25) is 9.59 Å². The first-order chi connectivity index (χ1) is 13.3. The molecule has 1 amide bonds. The number of primary amides is 1. The first-order valence-corrected chi connectivity index (χ1v) is 9.36. The van der Waals surface area contributed by atoms with Crippen LogP contribution in [0.1, 0.15) is 22.1 Å². The number of rotatable bonds is 6. The molecular formula is C20H17F3N2O2S. The van der Waals surface area contributed by atoms with Crippen molar-refractivity contribution in [3.63, 3.8) is 0 Å². The average molecular weight is 406 g/mol. The molecule has 0 aliphatic carbocycles. The smallest absolute Gasteiger partial charge is 0.363 e. The highest BCUT2D eigenvalue weighted by Crippen LogP contribution is 2.45. The highest BCUT2D eigenvalue weighted by Gasteiger charge is 2.40. The molecule has 0 radical (unpaired) electrons. The summed E-state index contributed by atoms with van der Waals surface area (Å²) in [7, 11) is 0. The van der Waals surface area contributed by atoms with Crippen LogP contribution in [0.2, 0.25) is 0 Å². The number of nitrogens with two attached hydrogens (primary N) is 1. The molecular weight excluding hydrogens is 389 g/mol. The Balaban J connectivity index is 1.99. The lowest BCUT2D eigenvalue weighted by Crippen LogP contribution is -2.45. The Hall–Kier alpha value is -2.74. The lowest BCUT2D eigenvalue weighted by Gasteiger charge is -2.33. The van der Waals surface area contributed by atoms with Gasteiger partial charge in [0.15, 0.2) is 0 Å². The second-order valence-corrected chi connectivity index (χ2v) is 7.23. The predicted octanol–water partition coefficient (Wildman–Crippen LogP) is 3.89. The number of nitrogens with zero attached hydrogens (tertiary/aromatic N) is 1. The third kappa shape index (κ3) is 4.22. The molecule has 2 aromatic rings. The molecule has 2 N–H and O–H groups in total. The number of benzene rings is 2. The van der Waals surface area contributed by atoms with Crippen LogP contribution in [0.4, 0.5) is 13.2 Å². The number of halogens is 3. The van der Waals surface area contributed by atoms with Crippen molar-refractivity contribution in [1.82, 2.24) is 4.90 Å². The van der Waals surface area contributed by atoms with E-state index in [1.807, 2.05) is 6.07 Å². The van der Waals surface area contributed by atoms with Gasteiger partial charge in [0.1, 0.15) is 11.4 Å². The van der Waals surface area contributed by atoms with Gasteiger partial charge in [0.05, 0.1) is 5.56 Å². The van der Waals surface area contributed by atoms with Crippen LogP contribution in [0.5, 0.6) is 0 Å². The van der Waals surface area contributed by atoms with Crippen molar-refractivity contribution in [1.29, 1.82) is 0 Å². The van der Waals surface area contributed by atoms with Gasteiger partial charge in [0.2, 0.25) is 5.78 Å². The first-order valence-electron chi connectivity index (χ1n) is 8.42. The molecule has 0 bridgehead atoms. The third-order valence-electron chi connectivity index (χ3n) is 4.42. The number of thioether (sulfide) groups is 1. The topological polar surface area (TPSA) is 63.4 Å². The van der Waals surface area contributed by atoms with Gasteiger partial charge < -0.3 is 10.6 Å². The Kier molecular flexibility index (Phi) is 5.79. The van der Waals surface area contributed by atoms with Crippen molar-refractivity contribution in [2.24, 2.45) is 5.73 Å². The molecule has 0 spiro atoms. The third-order valence-corrected chi connectivity index (χ3v) is 5.45. The first kappa shape index (κ1) is 20.0. The summed E-state index contributed by atoms with van der Waals surface area (Å²) in [6, 6.07) is 13.2. The maximum atomic E-state index is 13.5. The molecule has 1 aliphatic heterocycles. The SMILES string of the molecule is NC(=O)C(=O)C(Cc1ccccc1)N1C=CSC1c1ccccc1C(F)(F)F. The fraction of sp³-hybridized carbons (Fsp3) is 0.200. The van der Waals surface area contributed by atoms with E-state index in [0.29, 0.717) is 0 Å². The Morgan fingerprint density at radius 1 is 1.07 bits per heavy atom. The summed E-state index contributed by atoms with van der Waals surface area (Å²) in [6.45, 7) is 0. The van der Waals surface area contributed by atoms with E-state index >= 15 is 0 Å². The largest absolute Gasteiger partial charge is 0.416 e. The summed E-state index contributed by atoms with van der Waals surface area (Å²) in [5.74, 6) is -1.96. The molecule has 1 heterocycles. The average Bonchev–Trinajstić information content (AvgIpc) is 3.15. The minimum absolute atomic E-state index is 0.0281. The summed E-state index contributed by atoms with van der Waals surface area (Å²) in [4.78, 5) is 25.6. The maximum absolute atomic E-state index is 13.5. The molecule has 0 aromatic heterocycles. The highest BCUT2D eigenvalue weighted by atomic mass is 32.2. The van der Waals surface area contributed by atoms with Gasteiger partial charge in [-0.1, -0.05) is 48.5 Å². The van der Waals surface area contributed by atoms with E-state index in [0.717, 1.165) is 23.4 Å². The van der Waals surface area contributed by atoms with E-state index in [1.165, 1.54) is 29.3 Å². The van der Waals surface area contributed by atoms with Crippen LogP contribution in [0.25, 0.3) is 0 Å². The maximum Gasteiger partial charge on any atom is 0.416 e. The number of hydrogen-bond donors (Lipinski definition) is 1. The molecule has 146 valence electrons. The number of alkyl halides is 3. The fourth-order valence-electron chi connectivity index (χ4n) is 3.14. The van der Waals surface area contributed by atoms with Crippen molar-refractivity contribution in [3.8, 4) is 0 Å². The molecule has 8 heteroatoms. The van der Waals surface area contributed by atoms with E-state index in [-0.39, 0.29) is 12.0 Å². The number of amides is 1. The number of Topliss-reactive ketones (excluding diaryl/α,β-unsaturated/α-hetero) is 1. The fourth-order valence-corrected chi connectivity index (χ4v) is 4.20. The molecule has 3 rings (SSSR count). The predicted molar refractivity (Wildman–Crippen MR) is 101 cm³/mol. The summed E-state index contributed by atoms with van der Waals surface area (Å²) in [5.41, 5.74) is 5.24. The lowest BCUT2D eigenvalue weighted by atomic mass is 9.99. The summed E-state index contributed by atoms with van der Waals surface area (Å²) < 4.78 is 40.4. The van der Waals surface area contributed by atoms with E-state index in [9.17, 15) is 22.8 Å². The zero-order valence-corrected chi connectivity index (χ0v) is 15.4. The van der Waals surface area contributed by atoms with Crippen molar-refractivity contribution in [3.05, 3.63) is 82.9 Å². The Bertz CT molecular complexity index is 900. The Morgan fingerprint density at radius 2 is 1.71 bits per heavy atom. The molecule has 0 saturated heterocycles. The number of carbonyl (C=O) groups is 2. The number of ketones is 1. The van der Waals surface area contributed by atoms with Gasteiger partial charge in [0, 0.05) is 12.6 Å². The van der Waals surface area contributed by atoms with Crippen molar-refractivity contribution >= 4 is 23.5 Å². The summed E-state index contributed by atoms with van der Waals surface area (Å²) in [6.07, 6.45) is -2.84. The molecule has 28 heavy (non-hydrogen) atoms. The Morgan fingerprint density at radius 3 is 2.36 bits per heavy atom. The Labute approximate surface area is 164 Å². The van der Waals surface area contributed by atoms with Gasteiger partial charge in [-0.2, -0.15) is 13.2 Å². The van der Waals surface area contributed by atoms with Gasteiger partial charge in [-0.15, -0.1) is 11.8 Å². The lowest BCUT2D eigenvalue weighted by molar-refractivity contribution is -0.139. The van der Waals surface area contributed by atoms with Gasteiger partial charge in [0.25, 0.3) is 5.91 Å². The van der Waals surface area contributed by atoms with Crippen LogP contribution in [0, 0.1) is 0 Å². The van der Waals surface area contributed by atoms with E-state index in [1.54, 1.807) is 29.7 Å². The van der Waals surface area contributed by atoms with E-state index in [2.05, 4.69) is 0 Å². The van der Waals surface area contributed by atoms with Crippen molar-refractivity contribution in [2.75, 3.05) is 0 Å². The molecule has 2 atom stereocenters. The summed E-state index contributed by atoms with van der Waals surface area (Å²) in [5, 5.41) is 0.819. The van der Waals surface area contributed by atoms with E-state index in [4.69, 9.17) is 5.73 Å². The van der Waals surface area contributed by atoms with E-state index < -0.39 is 34.8 Å². The minimum Gasteiger partial charge on any atom is -0.363 e. The van der Waals surface area contributed by atoms with Crippen LogP contribution in [0.3, 0.4) is 0 Å². The van der Waals surface area contributed by atoms with Gasteiger partial charge in [-0.05, 0) is 22.6 Å². The van der Waals surface area contributed by atoms with Crippen LogP contribution in [0.15, 0.2) is 66.2 Å². The van der Waals surface area contributed by atoms with Crippen LogP contribution < -0.4 is 5.73 Å². The standard InChI is InChI=1S/C20H17F3N2O2S/c21-20(22,23)15-9-5-4-8-14(15)19-25(10-11-28-19)16(17(26)18(24)27)12-13-6-2-1-3-7-13/h1-11,16,19H,12H2,(H2,24,27). The number of hydrogen-bond acceptors (Lipinski definition) is 4. The number of carbonyl (C=O) groups excluding carboxylic acids is 2. The van der Waals surface area contributed by atoms with Gasteiger partial charge in [-0.25, -0.2) is 0 Å². The second-order valence-electron chi connectivity index (χ2n) is 6.24. The zero-order chi connectivity index (χ0) is 20.3. The highest BCUT2D eigenvalue weighted by molar-refractivity contribution is 8.02. The van der Waals surface area contributed by atoms with Crippen LogP contribution in [-0.4, -0.2) is 22.6 Å². The monoisotopic (exact) mass is 406 g/mol. The molecule has 2 unspecified atom stereocenters. The van der Waals surface area contributed by atoms with Crippen molar-refractivity contribution < 1.29 is 22.8 Å². The molecule has 4 nitrogen and oxygen atoms in total. The minimum atomic E-state index is -4.53. The molecule has 0 fully saturated rings. The molecule has 2 aromatic carbocycles. The van der Waals surface area contributed by atoms with Crippen LogP contribution >= 0.6 is 11.8 Å². The second kappa shape index (κ2) is 8.10. The molecule has 0 saturated carbocycles. The zero-order valence-electron chi connectivity index (χ0n) is 14.6.